The fourth-order valence-electron chi connectivity index (χ4n) is 2.43. The minimum atomic E-state index is -0.494. The quantitative estimate of drug-likeness (QED) is 0.467. The minimum absolute atomic E-state index is 0.155. The largest absolute Gasteiger partial charge is 0.376 e. The highest BCUT2D eigenvalue weighted by molar-refractivity contribution is 5.54. The Morgan fingerprint density at radius 2 is 2.35 bits per heavy atom. The SMILES string of the molecule is C#C[C@H]1COCCN1c1nc(C)c([N+](=O)[O-])c(-n2ccnc2)n1. The molecule has 0 saturated carbocycles. The lowest BCUT2D eigenvalue weighted by molar-refractivity contribution is -0.385. The van der Waals surface area contributed by atoms with E-state index in [9.17, 15) is 10.1 Å². The topological polar surface area (TPSA) is 99.2 Å². The van der Waals surface area contributed by atoms with Crippen molar-refractivity contribution in [1.29, 1.82) is 0 Å². The summed E-state index contributed by atoms with van der Waals surface area (Å²) < 4.78 is 6.84. The van der Waals surface area contributed by atoms with E-state index in [4.69, 9.17) is 11.2 Å². The third-order valence-electron chi connectivity index (χ3n) is 3.54. The van der Waals surface area contributed by atoms with Crippen LogP contribution in [0.15, 0.2) is 18.7 Å². The predicted molar refractivity (Wildman–Crippen MR) is 81.3 cm³/mol. The van der Waals surface area contributed by atoms with Gasteiger partial charge in [-0.2, -0.15) is 4.98 Å². The molecule has 2 aromatic rings. The zero-order valence-electron chi connectivity index (χ0n) is 12.4. The number of nitrogens with zero attached hydrogens (tertiary/aromatic N) is 6. The van der Waals surface area contributed by atoms with Crippen LogP contribution >= 0.6 is 0 Å². The van der Waals surface area contributed by atoms with Gasteiger partial charge in [0, 0.05) is 18.9 Å². The number of morpholine rings is 1. The van der Waals surface area contributed by atoms with Crippen LogP contribution in [-0.4, -0.2) is 50.2 Å². The van der Waals surface area contributed by atoms with Gasteiger partial charge in [-0.1, -0.05) is 5.92 Å². The van der Waals surface area contributed by atoms with Crippen LogP contribution in [0.1, 0.15) is 5.69 Å². The summed E-state index contributed by atoms with van der Waals surface area (Å²) in [6.07, 6.45) is 10.1. The molecule has 2 aromatic heterocycles. The van der Waals surface area contributed by atoms with Crippen LogP contribution in [0.25, 0.3) is 5.82 Å². The summed E-state index contributed by atoms with van der Waals surface area (Å²) in [5.41, 5.74) is 0.114. The molecule has 0 spiro atoms. The van der Waals surface area contributed by atoms with E-state index >= 15 is 0 Å². The molecule has 9 heteroatoms. The zero-order valence-corrected chi connectivity index (χ0v) is 12.4. The number of hydrogen-bond donors (Lipinski definition) is 0. The van der Waals surface area contributed by atoms with Gasteiger partial charge in [0.15, 0.2) is 0 Å². The average Bonchev–Trinajstić information content (AvgIpc) is 3.08. The Morgan fingerprint density at radius 1 is 1.52 bits per heavy atom. The normalized spacial score (nSPS) is 17.7. The molecule has 0 aromatic carbocycles. The molecule has 9 nitrogen and oxygen atoms in total. The van der Waals surface area contributed by atoms with Crippen LogP contribution in [0.5, 0.6) is 0 Å². The Morgan fingerprint density at radius 3 is 3.00 bits per heavy atom. The summed E-state index contributed by atoms with van der Waals surface area (Å²) in [6, 6.07) is -0.305. The van der Waals surface area contributed by atoms with Gasteiger partial charge in [-0.3, -0.25) is 14.7 Å². The number of imidazole rings is 1. The van der Waals surface area contributed by atoms with E-state index in [1.54, 1.807) is 13.1 Å². The molecule has 1 saturated heterocycles. The van der Waals surface area contributed by atoms with Crippen LogP contribution in [0, 0.1) is 29.4 Å². The van der Waals surface area contributed by atoms with Crippen LogP contribution in [-0.2, 0) is 4.74 Å². The van der Waals surface area contributed by atoms with Crippen molar-refractivity contribution in [3.8, 4) is 18.2 Å². The molecule has 0 bridgehead atoms. The van der Waals surface area contributed by atoms with Crippen molar-refractivity contribution < 1.29 is 9.66 Å². The maximum Gasteiger partial charge on any atom is 0.333 e. The van der Waals surface area contributed by atoms with E-state index in [1.165, 1.54) is 17.1 Å². The van der Waals surface area contributed by atoms with E-state index in [1.807, 2.05) is 4.90 Å². The first-order valence-corrected chi connectivity index (χ1v) is 6.93. The molecule has 1 atom stereocenters. The molecule has 3 heterocycles. The van der Waals surface area contributed by atoms with Gasteiger partial charge >= 0.3 is 5.69 Å². The summed E-state index contributed by atoms with van der Waals surface area (Å²) in [6.45, 7) is 2.97. The molecule has 0 radical (unpaired) electrons. The standard InChI is InChI=1S/C14H14N6O3/c1-3-11-8-23-7-6-19(11)14-16-10(2)12(20(21)22)13(17-14)18-5-4-15-9-18/h1,4-5,9,11H,6-8H2,2H3/t11-/m0/s1. The van der Waals surface area contributed by atoms with E-state index < -0.39 is 4.92 Å². The molecule has 118 valence electrons. The van der Waals surface area contributed by atoms with Crippen molar-refractivity contribution in [2.45, 2.75) is 13.0 Å². The minimum Gasteiger partial charge on any atom is -0.376 e. The second-order valence-electron chi connectivity index (χ2n) is 4.96. The van der Waals surface area contributed by atoms with Crippen LogP contribution < -0.4 is 4.90 Å². The lowest BCUT2D eigenvalue weighted by Crippen LogP contribution is -2.45. The second-order valence-corrected chi connectivity index (χ2v) is 4.96. The summed E-state index contributed by atoms with van der Waals surface area (Å²) in [5.74, 6) is 3.15. The highest BCUT2D eigenvalue weighted by Gasteiger charge is 2.29. The molecule has 1 aliphatic rings. The lowest BCUT2D eigenvalue weighted by Gasteiger charge is -2.32. The number of aromatic nitrogens is 4. The van der Waals surface area contributed by atoms with Crippen molar-refractivity contribution >= 4 is 11.6 Å². The Bertz CT molecular complexity index is 768. The van der Waals surface area contributed by atoms with Gasteiger partial charge in [0.05, 0.1) is 18.1 Å². The number of anilines is 1. The molecule has 0 aliphatic carbocycles. The van der Waals surface area contributed by atoms with Crippen molar-refractivity contribution in [2.24, 2.45) is 0 Å². The summed E-state index contributed by atoms with van der Waals surface area (Å²) in [5, 5.41) is 11.4. The third-order valence-corrected chi connectivity index (χ3v) is 3.54. The molecular weight excluding hydrogens is 300 g/mol. The molecular formula is C14H14N6O3. The first kappa shape index (κ1) is 14.9. The molecule has 0 amide bonds. The van der Waals surface area contributed by atoms with Gasteiger partial charge in [0.2, 0.25) is 11.8 Å². The summed E-state index contributed by atoms with van der Waals surface area (Å²) in [4.78, 5) is 25.3. The molecule has 0 unspecified atom stereocenters. The highest BCUT2D eigenvalue weighted by atomic mass is 16.6. The van der Waals surface area contributed by atoms with Crippen molar-refractivity contribution in [2.75, 3.05) is 24.7 Å². The third kappa shape index (κ3) is 2.72. The van der Waals surface area contributed by atoms with Crippen molar-refractivity contribution in [3.05, 3.63) is 34.5 Å². The molecule has 1 fully saturated rings. The second kappa shape index (κ2) is 6.02. The monoisotopic (exact) mass is 314 g/mol. The van der Waals surface area contributed by atoms with Crippen LogP contribution in [0.2, 0.25) is 0 Å². The highest BCUT2D eigenvalue weighted by Crippen LogP contribution is 2.27. The van der Waals surface area contributed by atoms with Crippen LogP contribution in [0.3, 0.4) is 0 Å². The van der Waals surface area contributed by atoms with E-state index in [0.29, 0.717) is 25.7 Å². The van der Waals surface area contributed by atoms with Gasteiger partial charge < -0.3 is 9.64 Å². The zero-order chi connectivity index (χ0) is 16.4. The van der Waals surface area contributed by atoms with Gasteiger partial charge in [-0.25, -0.2) is 9.97 Å². The maximum atomic E-state index is 11.4. The van der Waals surface area contributed by atoms with Gasteiger partial charge in [0.25, 0.3) is 0 Å². The van der Waals surface area contributed by atoms with Gasteiger partial charge in [-0.15, -0.1) is 6.42 Å². The predicted octanol–water partition coefficient (Wildman–Crippen LogP) is 0.717. The Labute approximate surface area is 132 Å². The number of hydrogen-bond acceptors (Lipinski definition) is 7. The number of terminal acetylenes is 1. The number of nitro groups is 1. The Hall–Kier alpha value is -2.99. The maximum absolute atomic E-state index is 11.4. The Kier molecular flexibility index (Phi) is 3.91. The van der Waals surface area contributed by atoms with E-state index in [2.05, 4.69) is 20.9 Å². The summed E-state index contributed by atoms with van der Waals surface area (Å²) in [7, 11) is 0. The fourth-order valence-corrected chi connectivity index (χ4v) is 2.43. The number of ether oxygens (including phenoxy) is 1. The first-order valence-electron chi connectivity index (χ1n) is 6.93. The van der Waals surface area contributed by atoms with Crippen molar-refractivity contribution in [3.63, 3.8) is 0 Å². The lowest BCUT2D eigenvalue weighted by atomic mass is 10.2. The molecule has 1 aliphatic heterocycles. The van der Waals surface area contributed by atoms with E-state index in [0.717, 1.165) is 0 Å². The molecule has 3 rings (SSSR count). The smallest absolute Gasteiger partial charge is 0.333 e. The van der Waals surface area contributed by atoms with Gasteiger partial charge in [0.1, 0.15) is 18.1 Å². The summed E-state index contributed by atoms with van der Waals surface area (Å²) >= 11 is 0. The number of aryl methyl sites for hydroxylation is 1. The van der Waals surface area contributed by atoms with Gasteiger partial charge in [-0.05, 0) is 6.92 Å². The Balaban J connectivity index is 2.13. The average molecular weight is 314 g/mol. The number of rotatable bonds is 3. The van der Waals surface area contributed by atoms with E-state index in [-0.39, 0.29) is 23.2 Å². The first-order chi connectivity index (χ1) is 11.1. The van der Waals surface area contributed by atoms with Crippen molar-refractivity contribution in [1.82, 2.24) is 19.5 Å². The fraction of sp³-hybridized carbons (Fsp3) is 0.357. The molecule has 23 heavy (non-hydrogen) atoms. The van der Waals surface area contributed by atoms with Crippen LogP contribution in [0.4, 0.5) is 11.6 Å². The molecule has 0 N–H and O–H groups in total.